The van der Waals surface area contributed by atoms with Crippen molar-refractivity contribution in [3.63, 3.8) is 0 Å². The van der Waals surface area contributed by atoms with E-state index in [9.17, 15) is 0 Å². The summed E-state index contributed by atoms with van der Waals surface area (Å²) in [7, 11) is 2.13. The first-order valence-corrected chi connectivity index (χ1v) is 16.1. The molecule has 0 fully saturated rings. The van der Waals surface area contributed by atoms with Crippen molar-refractivity contribution >= 4 is 50.6 Å². The first-order valence-electron chi connectivity index (χ1n) is 13.2. The van der Waals surface area contributed by atoms with E-state index < -0.39 is 5.97 Å². The van der Waals surface area contributed by atoms with Crippen LogP contribution in [0.2, 0.25) is 0 Å². The van der Waals surface area contributed by atoms with Crippen molar-refractivity contribution in [2.24, 2.45) is 0 Å². The summed E-state index contributed by atoms with van der Waals surface area (Å²) >= 11 is 0. The molecule has 0 bridgehead atoms. The fourth-order valence-electron chi connectivity index (χ4n) is 4.50. The van der Waals surface area contributed by atoms with Gasteiger partial charge in [0, 0.05) is 26.4 Å². The van der Waals surface area contributed by atoms with Crippen LogP contribution in [0.3, 0.4) is 0 Å². The molecule has 0 saturated heterocycles. The maximum atomic E-state index is 9.00. The molecule has 0 saturated carbocycles. The van der Waals surface area contributed by atoms with E-state index in [0.717, 1.165) is 6.92 Å². The van der Waals surface area contributed by atoms with Crippen LogP contribution in [-0.4, -0.2) is 41.0 Å². The van der Waals surface area contributed by atoms with Crippen molar-refractivity contribution in [2.75, 3.05) is 0 Å². The van der Waals surface area contributed by atoms with Crippen LogP contribution >= 0.6 is 15.8 Å². The van der Waals surface area contributed by atoms with Crippen LogP contribution in [0.1, 0.15) is 62.3 Å². The summed E-state index contributed by atoms with van der Waals surface area (Å²) in [5, 5.41) is 10.5. The first kappa shape index (κ1) is 36.7. The van der Waals surface area contributed by atoms with Crippen molar-refractivity contribution in [2.45, 2.75) is 84.9 Å². The number of rotatable bonds is 8. The van der Waals surface area contributed by atoms with Gasteiger partial charge in [0.05, 0.1) is 0 Å². The zero-order valence-corrected chi connectivity index (χ0v) is 27.9. The average molecular weight is 637 g/mol. The summed E-state index contributed by atoms with van der Waals surface area (Å²) in [4.78, 5) is 9.00. The average Bonchev–Trinajstić information content (AvgIpc) is 2.82. The number of carboxylic acid groups (broad SMARTS) is 1. The van der Waals surface area contributed by atoms with Crippen molar-refractivity contribution in [3.8, 4) is 0 Å². The molecule has 0 aliphatic heterocycles. The molecule has 3 rings (SSSR count). The molecule has 0 atom stereocenters. The third kappa shape index (κ3) is 13.2. The molecule has 1 N–H and O–H groups in total. The zero-order valence-electron chi connectivity index (χ0n) is 24.5. The molecular formula is C32H45BO2P2Rh-. The predicted octanol–water partition coefficient (Wildman–Crippen LogP) is 6.76. The maximum Gasteiger partial charge on any atom is 0.300 e. The molecule has 6 heteroatoms. The molecule has 0 heterocycles. The van der Waals surface area contributed by atoms with E-state index in [-0.39, 0.29) is 35.3 Å². The van der Waals surface area contributed by atoms with Crippen LogP contribution in [-0.2, 0) is 24.3 Å². The van der Waals surface area contributed by atoms with Gasteiger partial charge in [-0.1, -0.05) is 131 Å². The Bertz CT molecular complexity index is 934. The number of benzene rings is 3. The Hall–Kier alpha value is -1.32. The second-order valence-corrected chi connectivity index (χ2v) is 16.8. The minimum absolute atomic E-state index is 0. The van der Waals surface area contributed by atoms with Crippen LogP contribution in [0.15, 0.2) is 78.9 Å². The second-order valence-electron chi connectivity index (χ2n) is 10.0. The summed E-state index contributed by atoms with van der Waals surface area (Å²) in [6, 6.07) is 30.7. The quantitative estimate of drug-likeness (QED) is 0.168. The molecule has 0 aliphatic carbocycles. The molecule has 2 radical (unpaired) electrons. The third-order valence-electron chi connectivity index (χ3n) is 5.57. The molecule has 0 aromatic heterocycles. The normalized spacial score (nSPS) is 10.6. The predicted molar refractivity (Wildman–Crippen MR) is 170 cm³/mol. The summed E-state index contributed by atoms with van der Waals surface area (Å²) in [6.07, 6.45) is 0. The molecular weight excluding hydrogens is 592 g/mol. The smallest absolute Gasteiger partial charge is 0.300 e. The summed E-state index contributed by atoms with van der Waals surface area (Å²) in [6.45, 7) is 20.1. The molecule has 208 valence electrons. The fraction of sp³-hybridized carbons (Fsp3) is 0.406. The van der Waals surface area contributed by atoms with Gasteiger partial charge in [-0.25, -0.2) is 0 Å². The number of aliphatic carboxylic acids is 1. The fourth-order valence-corrected chi connectivity index (χ4v) is 10.5. The molecule has 3 aromatic carbocycles. The third-order valence-corrected chi connectivity index (χ3v) is 12.0. The van der Waals surface area contributed by atoms with E-state index in [1.54, 1.807) is 10.6 Å². The molecule has 0 unspecified atom stereocenters. The van der Waals surface area contributed by atoms with Gasteiger partial charge in [0.1, 0.15) is 0 Å². The standard InChI is InChI=1S/C24H36BP2.C6H5.C2H4O2.Rh/c1-17(2)26(18(3)4)23-15-11-9-13-21(23)25-22-14-10-12-16-24(22)27(19(5)6)20(7)8;1-2-4-6-5-3-1;1-2(3)4;/h9-20H,1-8H3;1-5H;1H3,(H,3,4);/q;-1;;. The first-order chi connectivity index (χ1) is 17.5. The second kappa shape index (κ2) is 19.7. The Labute approximate surface area is 248 Å². The van der Waals surface area contributed by atoms with Gasteiger partial charge in [-0.15, -0.1) is 0 Å². The molecule has 38 heavy (non-hydrogen) atoms. The van der Waals surface area contributed by atoms with Crippen molar-refractivity contribution in [3.05, 3.63) is 84.9 Å². The van der Waals surface area contributed by atoms with Crippen LogP contribution in [0, 0.1) is 6.07 Å². The van der Waals surface area contributed by atoms with Crippen LogP contribution in [0.25, 0.3) is 0 Å². The maximum absolute atomic E-state index is 9.00. The van der Waals surface area contributed by atoms with E-state index in [4.69, 9.17) is 9.90 Å². The van der Waals surface area contributed by atoms with Crippen molar-refractivity contribution in [1.29, 1.82) is 0 Å². The Morgan fingerprint density at radius 1 is 0.658 bits per heavy atom. The van der Waals surface area contributed by atoms with Gasteiger partial charge in [-0.2, -0.15) is 36.4 Å². The van der Waals surface area contributed by atoms with E-state index in [1.807, 2.05) is 30.3 Å². The van der Waals surface area contributed by atoms with Gasteiger partial charge in [0.25, 0.3) is 5.97 Å². The number of carboxylic acids is 1. The van der Waals surface area contributed by atoms with E-state index >= 15 is 0 Å². The van der Waals surface area contributed by atoms with Gasteiger partial charge >= 0.3 is 0 Å². The van der Waals surface area contributed by atoms with Crippen LogP contribution < -0.4 is 21.5 Å². The number of hydrogen-bond acceptors (Lipinski definition) is 1. The van der Waals surface area contributed by atoms with Gasteiger partial charge in [0.2, 0.25) is 0 Å². The topological polar surface area (TPSA) is 37.3 Å². The minimum Gasteiger partial charge on any atom is -0.481 e. The molecule has 2 nitrogen and oxygen atoms in total. The summed E-state index contributed by atoms with van der Waals surface area (Å²) in [5.74, 6) is -0.833. The number of hydrogen-bond donors (Lipinski definition) is 1. The Kier molecular flexibility index (Phi) is 19.0. The Morgan fingerprint density at radius 2 is 0.974 bits per heavy atom. The van der Waals surface area contributed by atoms with E-state index in [0.29, 0.717) is 22.6 Å². The monoisotopic (exact) mass is 637 g/mol. The van der Waals surface area contributed by atoms with E-state index in [2.05, 4.69) is 117 Å². The summed E-state index contributed by atoms with van der Waals surface area (Å²) in [5.41, 5.74) is 5.64. The molecule has 0 amide bonds. The SMILES string of the molecule is CC(=O)O.CC(C)P(c1ccccc1[B]c1ccccc1P(C(C)C)C(C)C)C(C)C.[Rh].[c-]1ccccc1. The minimum atomic E-state index is -0.833. The molecule has 0 aliphatic rings. The van der Waals surface area contributed by atoms with Crippen molar-refractivity contribution < 1.29 is 29.4 Å². The van der Waals surface area contributed by atoms with Crippen LogP contribution in [0.4, 0.5) is 0 Å². The van der Waals surface area contributed by atoms with Gasteiger partial charge in [0.15, 0.2) is 7.28 Å². The Balaban J connectivity index is 0.00000104. The van der Waals surface area contributed by atoms with Crippen LogP contribution in [0.5, 0.6) is 0 Å². The van der Waals surface area contributed by atoms with Gasteiger partial charge in [-0.3, -0.25) is 4.79 Å². The molecule has 3 aromatic rings. The number of carbonyl (C=O) groups is 1. The molecule has 0 spiro atoms. The van der Waals surface area contributed by atoms with Gasteiger partial charge < -0.3 is 5.11 Å². The van der Waals surface area contributed by atoms with Gasteiger partial charge in [-0.05, 0) is 33.2 Å². The summed E-state index contributed by atoms with van der Waals surface area (Å²) < 4.78 is 0. The largest absolute Gasteiger partial charge is 0.481 e. The van der Waals surface area contributed by atoms with E-state index in [1.165, 1.54) is 10.9 Å². The Morgan fingerprint density at radius 3 is 1.21 bits per heavy atom. The zero-order chi connectivity index (χ0) is 28.0. The van der Waals surface area contributed by atoms with Crippen molar-refractivity contribution in [1.82, 2.24) is 0 Å².